The molecule has 0 aliphatic carbocycles. The van der Waals surface area contributed by atoms with E-state index in [0.29, 0.717) is 11.8 Å². The van der Waals surface area contributed by atoms with Gasteiger partial charge in [0.2, 0.25) is 0 Å². The maximum absolute atomic E-state index is 6.33. The lowest BCUT2D eigenvalue weighted by atomic mass is 9.86. The predicted octanol–water partition coefficient (Wildman–Crippen LogP) is 4.83. The number of rotatable bonds is 4. The van der Waals surface area contributed by atoms with Gasteiger partial charge in [-0.3, -0.25) is 0 Å². The lowest BCUT2D eigenvalue weighted by Gasteiger charge is -2.24. The van der Waals surface area contributed by atoms with Gasteiger partial charge in [-0.1, -0.05) is 29.8 Å². The average Bonchev–Trinajstić information content (AvgIpc) is 2.72. The van der Waals surface area contributed by atoms with Gasteiger partial charge in [0.1, 0.15) is 5.75 Å². The van der Waals surface area contributed by atoms with Gasteiger partial charge < -0.3 is 4.74 Å². The van der Waals surface area contributed by atoms with E-state index < -0.39 is 0 Å². The smallest absolute Gasteiger partial charge is 0.125 e. The van der Waals surface area contributed by atoms with Gasteiger partial charge >= 0.3 is 0 Å². The molecule has 0 aromatic heterocycles. The second-order valence-corrected chi connectivity index (χ2v) is 7.05. The summed E-state index contributed by atoms with van der Waals surface area (Å²) in [6.07, 6.45) is 2.01. The Morgan fingerprint density at radius 2 is 2.06 bits per heavy atom. The van der Waals surface area contributed by atoms with Crippen molar-refractivity contribution < 1.29 is 4.74 Å². The molecular weight excluding hydrogens is 312 g/mol. The highest BCUT2D eigenvalue weighted by Crippen LogP contribution is 2.36. The van der Waals surface area contributed by atoms with Crippen molar-refractivity contribution in [1.82, 2.24) is 0 Å². The molecule has 0 saturated carbocycles. The normalized spacial score (nSPS) is 17.4. The summed E-state index contributed by atoms with van der Waals surface area (Å²) in [7, 11) is 0. The van der Waals surface area contributed by atoms with Crippen molar-refractivity contribution in [2.24, 2.45) is 11.8 Å². The minimum Gasteiger partial charge on any atom is -0.493 e. The molecule has 0 N–H and O–H groups in total. The Morgan fingerprint density at radius 3 is 2.67 bits per heavy atom. The molecule has 0 saturated heterocycles. The molecule has 1 aromatic carbocycles. The largest absolute Gasteiger partial charge is 0.493 e. The molecule has 1 aliphatic heterocycles. The van der Waals surface area contributed by atoms with Gasteiger partial charge in [-0.25, -0.2) is 0 Å². The maximum atomic E-state index is 6.33. The van der Waals surface area contributed by atoms with Gasteiger partial charge in [-0.05, 0) is 48.4 Å². The molecule has 0 radical (unpaired) electrons. The summed E-state index contributed by atoms with van der Waals surface area (Å²) in [6, 6.07) is 4.35. The highest BCUT2D eigenvalue weighted by molar-refractivity contribution is 9.10. The van der Waals surface area contributed by atoms with E-state index >= 15 is 0 Å². The molecule has 0 fully saturated rings. The number of hydrogen-bond donors (Lipinski definition) is 0. The first-order chi connectivity index (χ1) is 8.49. The molecule has 0 bridgehead atoms. The summed E-state index contributed by atoms with van der Waals surface area (Å²) >= 11 is 9.92. The molecule has 1 nitrogen and oxygen atoms in total. The van der Waals surface area contributed by atoms with Crippen LogP contribution in [0.5, 0.6) is 5.75 Å². The monoisotopic (exact) mass is 330 g/mol. The number of hydrogen-bond acceptors (Lipinski definition) is 1. The Kier molecular flexibility index (Phi) is 4.60. The van der Waals surface area contributed by atoms with Crippen LogP contribution in [0.1, 0.15) is 31.9 Å². The quantitative estimate of drug-likeness (QED) is 0.718. The summed E-state index contributed by atoms with van der Waals surface area (Å²) in [5.41, 5.74) is 2.62. The van der Waals surface area contributed by atoms with Crippen molar-refractivity contribution in [2.75, 3.05) is 6.61 Å². The highest BCUT2D eigenvalue weighted by Gasteiger charge is 2.24. The molecule has 0 amide bonds. The third kappa shape index (κ3) is 3.03. The first-order valence-electron chi connectivity index (χ1n) is 6.57. The summed E-state index contributed by atoms with van der Waals surface area (Å²) in [4.78, 5) is 0. The van der Waals surface area contributed by atoms with Gasteiger partial charge in [-0.2, -0.15) is 0 Å². The van der Waals surface area contributed by atoms with Gasteiger partial charge in [0.25, 0.3) is 0 Å². The molecule has 0 spiro atoms. The summed E-state index contributed by atoms with van der Waals surface area (Å²) in [5.74, 6) is 2.16. The van der Waals surface area contributed by atoms with E-state index in [9.17, 15) is 0 Å². The fourth-order valence-corrected chi connectivity index (χ4v) is 3.61. The number of alkyl halides is 1. The van der Waals surface area contributed by atoms with Crippen LogP contribution >= 0.6 is 27.5 Å². The van der Waals surface area contributed by atoms with Gasteiger partial charge in [-0.15, -0.1) is 11.6 Å². The molecule has 2 unspecified atom stereocenters. The van der Waals surface area contributed by atoms with Gasteiger partial charge in [0.05, 0.1) is 6.61 Å². The van der Waals surface area contributed by atoms with E-state index in [-0.39, 0.29) is 5.38 Å². The average molecular weight is 332 g/mol. The molecule has 2 rings (SSSR count). The first-order valence-corrected chi connectivity index (χ1v) is 7.80. The van der Waals surface area contributed by atoms with Crippen LogP contribution in [0.4, 0.5) is 0 Å². The van der Waals surface area contributed by atoms with Crippen LogP contribution < -0.4 is 4.74 Å². The van der Waals surface area contributed by atoms with Crippen LogP contribution in [0.2, 0.25) is 0 Å². The second kappa shape index (κ2) is 5.83. The van der Waals surface area contributed by atoms with Crippen molar-refractivity contribution in [3.05, 3.63) is 27.7 Å². The van der Waals surface area contributed by atoms with Crippen LogP contribution in [0.15, 0.2) is 16.6 Å². The van der Waals surface area contributed by atoms with E-state index in [4.69, 9.17) is 16.3 Å². The lowest BCUT2D eigenvalue weighted by Crippen LogP contribution is -2.21. The van der Waals surface area contributed by atoms with Crippen molar-refractivity contribution in [3.8, 4) is 5.75 Å². The summed E-state index contributed by atoms with van der Waals surface area (Å²) in [5, 5.41) is 0.182. The minimum atomic E-state index is 0.182. The molecule has 1 heterocycles. The second-order valence-electron chi connectivity index (χ2n) is 5.44. The van der Waals surface area contributed by atoms with Gasteiger partial charge in [0.15, 0.2) is 0 Å². The predicted molar refractivity (Wildman–Crippen MR) is 80.7 cm³/mol. The highest BCUT2D eigenvalue weighted by atomic mass is 79.9. The van der Waals surface area contributed by atoms with Gasteiger partial charge in [0, 0.05) is 16.3 Å². The number of fused-ring (bicyclic) bond motifs is 1. The molecule has 3 heteroatoms. The Morgan fingerprint density at radius 1 is 1.33 bits per heavy atom. The molecule has 2 atom stereocenters. The third-order valence-electron chi connectivity index (χ3n) is 3.73. The third-order valence-corrected chi connectivity index (χ3v) is 4.51. The SMILES string of the molecule is CC(C)C(Cc1cc(Br)cc2c1OCC2)C(C)Cl. The zero-order valence-corrected chi connectivity index (χ0v) is 13.5. The summed E-state index contributed by atoms with van der Waals surface area (Å²) in [6.45, 7) is 7.37. The van der Waals surface area contributed by atoms with E-state index in [2.05, 4.69) is 48.8 Å². The Hall–Kier alpha value is -0.210. The zero-order valence-electron chi connectivity index (χ0n) is 11.2. The van der Waals surface area contributed by atoms with Crippen molar-refractivity contribution in [3.63, 3.8) is 0 Å². The van der Waals surface area contributed by atoms with E-state index in [1.54, 1.807) is 0 Å². The van der Waals surface area contributed by atoms with Crippen molar-refractivity contribution >= 4 is 27.5 Å². The molecule has 1 aromatic rings. The van der Waals surface area contributed by atoms with E-state index in [1.165, 1.54) is 11.1 Å². The Labute approximate surface area is 123 Å². The van der Waals surface area contributed by atoms with E-state index in [1.807, 2.05) is 0 Å². The van der Waals surface area contributed by atoms with Crippen LogP contribution in [0.3, 0.4) is 0 Å². The summed E-state index contributed by atoms with van der Waals surface area (Å²) < 4.78 is 6.93. The Balaban J connectivity index is 2.28. The Bertz CT molecular complexity index is 421. The number of ether oxygens (including phenoxy) is 1. The van der Waals surface area contributed by atoms with Crippen LogP contribution in [0.25, 0.3) is 0 Å². The molecule has 1 aliphatic rings. The molecule has 18 heavy (non-hydrogen) atoms. The van der Waals surface area contributed by atoms with Crippen molar-refractivity contribution in [2.45, 2.75) is 39.0 Å². The standard InChI is InChI=1S/C15H20BrClO/c1-9(2)14(10(3)17)8-12-7-13(16)6-11-4-5-18-15(11)12/h6-7,9-10,14H,4-5,8H2,1-3H3. The fraction of sp³-hybridized carbons (Fsp3) is 0.600. The van der Waals surface area contributed by atoms with Crippen LogP contribution in [-0.2, 0) is 12.8 Å². The fourth-order valence-electron chi connectivity index (χ4n) is 2.68. The number of halogens is 2. The zero-order chi connectivity index (χ0) is 13.3. The first kappa shape index (κ1) is 14.2. The molecular formula is C15H20BrClO. The minimum absolute atomic E-state index is 0.182. The van der Waals surface area contributed by atoms with Crippen LogP contribution in [0, 0.1) is 11.8 Å². The lowest BCUT2D eigenvalue weighted by molar-refractivity contribution is 0.340. The topological polar surface area (TPSA) is 9.23 Å². The molecule has 100 valence electrons. The number of benzene rings is 1. The van der Waals surface area contributed by atoms with Crippen LogP contribution in [-0.4, -0.2) is 12.0 Å². The maximum Gasteiger partial charge on any atom is 0.125 e. The van der Waals surface area contributed by atoms with E-state index in [0.717, 1.165) is 29.7 Å². The van der Waals surface area contributed by atoms with Crippen molar-refractivity contribution in [1.29, 1.82) is 0 Å².